The first-order chi connectivity index (χ1) is 2.83. The van der Waals surface area contributed by atoms with Crippen LogP contribution in [-0.4, -0.2) is 0 Å². The first kappa shape index (κ1) is 81.7. The van der Waals surface area contributed by atoms with E-state index in [-0.39, 0.29) is 45.0 Å². The molecule has 64 valence electrons. The second kappa shape index (κ2) is 378. The van der Waals surface area contributed by atoms with Gasteiger partial charge in [-0.2, -0.15) is 0 Å². The van der Waals surface area contributed by atoms with Gasteiger partial charge < -0.3 is 20.2 Å². The normalized spacial score (nSPS) is 2.18. The van der Waals surface area contributed by atoms with E-state index in [1.54, 1.807) is 0 Å². The van der Waals surface area contributed by atoms with Crippen molar-refractivity contribution in [1.82, 2.24) is 24.6 Å². The fourth-order valence-corrected chi connectivity index (χ4v) is 0. The van der Waals surface area contributed by atoms with Crippen molar-refractivity contribution in [3.05, 3.63) is 20.2 Å². The molecule has 0 saturated heterocycles. The van der Waals surface area contributed by atoms with Crippen molar-refractivity contribution in [2.75, 3.05) is 0 Å². The van der Waals surface area contributed by atoms with Gasteiger partial charge in [-0.1, -0.05) is 0 Å². The molecule has 0 aliphatic heterocycles. The SMILES string of the molecule is O=N[O-].O=N[O-].[N].[N].[N].[N].[Pd+2]. The Hall–Kier alpha value is -0.698. The summed E-state index contributed by atoms with van der Waals surface area (Å²) in [6.45, 7) is 0. The minimum atomic E-state index is 0. The van der Waals surface area contributed by atoms with Gasteiger partial charge in [0.2, 0.25) is 0 Å². The Bertz CT molecular complexity index is 35.6. The first-order valence-electron chi connectivity index (χ1n) is 0.730. The van der Waals surface area contributed by atoms with Crippen molar-refractivity contribution >= 4 is 0 Å². The van der Waals surface area contributed by atoms with E-state index in [9.17, 15) is 0 Å². The van der Waals surface area contributed by atoms with Gasteiger partial charge in [0.05, 0.1) is 0 Å². The minimum absolute atomic E-state index is 0. The molecule has 0 fully saturated rings. The molecule has 0 unspecified atom stereocenters. The largest absolute Gasteiger partial charge is 2.00 e. The third-order valence-corrected chi connectivity index (χ3v) is 0. The number of hydrogen-bond donors (Lipinski definition) is 0. The summed E-state index contributed by atoms with van der Waals surface area (Å²) in [6, 6.07) is 0. The van der Waals surface area contributed by atoms with Gasteiger partial charge >= 0.3 is 20.4 Å². The van der Waals surface area contributed by atoms with Gasteiger partial charge in [-0.25, -0.2) is 0 Å². The molecule has 10 nitrogen and oxygen atoms in total. The maximum absolute atomic E-state index is 8.00. The van der Waals surface area contributed by atoms with Crippen LogP contribution in [0, 0.1) is 20.2 Å². The van der Waals surface area contributed by atoms with E-state index in [1.807, 2.05) is 0 Å². The molecule has 0 amide bonds. The minimum Gasteiger partial charge on any atom is -0.444 e. The van der Waals surface area contributed by atoms with Gasteiger partial charge in [-0.3, -0.25) is 0 Å². The number of rotatable bonds is 0. The summed E-state index contributed by atoms with van der Waals surface area (Å²) < 4.78 is 0. The molecule has 11 heteroatoms. The molecular formula is N6O4Pd. The molecule has 0 rings (SSSR count). The van der Waals surface area contributed by atoms with E-state index >= 15 is 0 Å². The molecular weight excluding hydrogens is 254 g/mol. The van der Waals surface area contributed by atoms with Gasteiger partial charge in [0, 0.05) is 24.6 Å². The quantitative estimate of drug-likeness (QED) is 0.287. The average Bonchev–Trinajstić information content (AvgIpc) is 1.39. The van der Waals surface area contributed by atoms with Crippen LogP contribution in [0.25, 0.3) is 0 Å². The Labute approximate surface area is 76.6 Å². The maximum Gasteiger partial charge on any atom is 2.00 e. The molecule has 0 bridgehead atoms. The van der Waals surface area contributed by atoms with Crippen LogP contribution in [0.2, 0.25) is 0 Å². The van der Waals surface area contributed by atoms with Crippen molar-refractivity contribution in [3.8, 4) is 0 Å². The molecule has 0 aromatic carbocycles. The third-order valence-electron chi connectivity index (χ3n) is 0. The topological polar surface area (TPSA) is 227 Å². The Morgan fingerprint density at radius 1 is 0.727 bits per heavy atom. The fraction of sp³-hybridized carbons (Fsp3) is 0. The molecule has 0 spiro atoms. The predicted molar refractivity (Wildman–Crippen MR) is 26.9 cm³/mol. The number of nitrogens with zero attached hydrogens (tertiary/aromatic N) is 6. The molecule has 0 N–H and O–H groups in total. The van der Waals surface area contributed by atoms with Gasteiger partial charge in [-0.15, -0.1) is 10.7 Å². The monoisotopic (exact) mass is 254 g/mol. The Morgan fingerprint density at radius 3 is 0.727 bits per heavy atom. The first-order valence-corrected chi connectivity index (χ1v) is 0.730. The second-order valence-electron chi connectivity index (χ2n) is 0.149. The zero-order chi connectivity index (χ0) is 5.41. The van der Waals surface area contributed by atoms with Crippen LogP contribution in [0.1, 0.15) is 0 Å². The van der Waals surface area contributed by atoms with Crippen LogP contribution in [0.4, 0.5) is 0 Å². The van der Waals surface area contributed by atoms with Crippen molar-refractivity contribution in [2.24, 2.45) is 10.7 Å². The zero-order valence-electron chi connectivity index (χ0n) is 4.63. The van der Waals surface area contributed by atoms with E-state index < -0.39 is 0 Å². The van der Waals surface area contributed by atoms with Crippen LogP contribution in [0.5, 0.6) is 0 Å². The van der Waals surface area contributed by atoms with Gasteiger partial charge in [0.1, 0.15) is 0 Å². The van der Waals surface area contributed by atoms with Crippen molar-refractivity contribution in [2.45, 2.75) is 0 Å². The van der Waals surface area contributed by atoms with Crippen molar-refractivity contribution in [3.63, 3.8) is 0 Å². The van der Waals surface area contributed by atoms with Crippen LogP contribution in [0.15, 0.2) is 10.7 Å². The molecule has 12 radical (unpaired) electrons. The molecule has 0 saturated carbocycles. The van der Waals surface area contributed by atoms with E-state index in [0.717, 1.165) is 10.7 Å². The second-order valence-corrected chi connectivity index (χ2v) is 0.149. The molecule has 0 aliphatic rings. The molecule has 0 atom stereocenters. The van der Waals surface area contributed by atoms with Gasteiger partial charge in [-0.05, 0) is 0 Å². The van der Waals surface area contributed by atoms with E-state index in [1.165, 1.54) is 0 Å². The third kappa shape index (κ3) is 1020. The van der Waals surface area contributed by atoms with E-state index in [4.69, 9.17) is 20.2 Å². The van der Waals surface area contributed by atoms with Crippen molar-refractivity contribution in [1.29, 1.82) is 0 Å². The van der Waals surface area contributed by atoms with E-state index in [2.05, 4.69) is 0 Å². The number of hydrogen-bond acceptors (Lipinski definition) is 6. The summed E-state index contributed by atoms with van der Waals surface area (Å²) in [5, 5.41) is 18.0. The molecule has 0 aromatic heterocycles. The smallest absolute Gasteiger partial charge is 0.444 e. The van der Waals surface area contributed by atoms with Gasteiger partial charge in [0.15, 0.2) is 0 Å². The Kier molecular flexibility index (Phi) is 2810. The Balaban J connectivity index is -0.00000000400. The summed E-state index contributed by atoms with van der Waals surface area (Å²) in [6.07, 6.45) is 0. The van der Waals surface area contributed by atoms with E-state index in [0.29, 0.717) is 0 Å². The summed E-state index contributed by atoms with van der Waals surface area (Å²) in [5.41, 5.74) is 0. The van der Waals surface area contributed by atoms with Crippen LogP contribution in [-0.2, 0) is 20.4 Å². The summed E-state index contributed by atoms with van der Waals surface area (Å²) in [4.78, 5) is 16.0. The van der Waals surface area contributed by atoms with Crippen LogP contribution < -0.4 is 24.6 Å². The summed E-state index contributed by atoms with van der Waals surface area (Å²) >= 11 is 0. The molecule has 0 heterocycles. The molecule has 11 heavy (non-hydrogen) atoms. The predicted octanol–water partition coefficient (Wildman–Crippen LogP) is -1.42. The Morgan fingerprint density at radius 2 is 0.727 bits per heavy atom. The summed E-state index contributed by atoms with van der Waals surface area (Å²) in [7, 11) is 0. The summed E-state index contributed by atoms with van der Waals surface area (Å²) in [5.74, 6) is 0. The van der Waals surface area contributed by atoms with Crippen molar-refractivity contribution < 1.29 is 20.4 Å². The average molecular weight is 254 g/mol. The molecule has 0 aromatic rings. The van der Waals surface area contributed by atoms with Crippen LogP contribution in [0.3, 0.4) is 0 Å². The van der Waals surface area contributed by atoms with Crippen LogP contribution >= 0.6 is 0 Å². The maximum atomic E-state index is 8.00. The standard InChI is InChI=1S/2HNO2.4N.Pd/c2*2-1-3;;;;;/h2*(H,2,3);;;;;/q;;;;;;+2/p-2. The fourth-order valence-electron chi connectivity index (χ4n) is 0. The molecule has 0 aliphatic carbocycles. The van der Waals surface area contributed by atoms with Gasteiger partial charge in [0.25, 0.3) is 0 Å². The zero-order valence-corrected chi connectivity index (χ0v) is 6.19.